The second-order valence-corrected chi connectivity index (χ2v) is 7.17. The van der Waals surface area contributed by atoms with E-state index in [0.29, 0.717) is 6.79 Å². The van der Waals surface area contributed by atoms with Gasteiger partial charge >= 0.3 is 0 Å². The predicted molar refractivity (Wildman–Crippen MR) is 99.0 cm³/mol. The lowest BCUT2D eigenvalue weighted by Crippen LogP contribution is -2.45. The van der Waals surface area contributed by atoms with E-state index >= 15 is 0 Å². The van der Waals surface area contributed by atoms with Crippen LogP contribution in [-0.4, -0.2) is 42.8 Å². The van der Waals surface area contributed by atoms with Gasteiger partial charge in [0.2, 0.25) is 6.79 Å². The molecule has 25 heavy (non-hydrogen) atoms. The van der Waals surface area contributed by atoms with Gasteiger partial charge in [-0.25, -0.2) is 0 Å². The molecule has 2 aromatic rings. The van der Waals surface area contributed by atoms with Gasteiger partial charge in [-0.3, -0.25) is 9.80 Å². The fourth-order valence-electron chi connectivity index (χ4n) is 3.67. The number of ether oxygens (including phenoxy) is 2. The average Bonchev–Trinajstić information content (AvgIpc) is 3.07. The molecular weight excluding hydrogens is 312 g/mol. The van der Waals surface area contributed by atoms with Gasteiger partial charge in [-0.05, 0) is 42.7 Å². The van der Waals surface area contributed by atoms with Crippen LogP contribution in [0.5, 0.6) is 11.5 Å². The second-order valence-electron chi connectivity index (χ2n) is 7.17. The highest BCUT2D eigenvalue weighted by molar-refractivity contribution is 5.44. The highest BCUT2D eigenvalue weighted by Crippen LogP contribution is 2.32. The molecule has 0 aliphatic carbocycles. The third-order valence-corrected chi connectivity index (χ3v) is 5.20. The summed E-state index contributed by atoms with van der Waals surface area (Å²) in [6.07, 6.45) is 0. The van der Waals surface area contributed by atoms with Crippen molar-refractivity contribution in [2.45, 2.75) is 26.9 Å². The summed E-state index contributed by atoms with van der Waals surface area (Å²) in [4.78, 5) is 5.09. The summed E-state index contributed by atoms with van der Waals surface area (Å²) in [5.74, 6) is 1.74. The third kappa shape index (κ3) is 3.80. The molecule has 1 fully saturated rings. The Kier molecular flexibility index (Phi) is 4.64. The lowest BCUT2D eigenvalue weighted by Gasteiger charge is -2.35. The highest BCUT2D eigenvalue weighted by atomic mass is 16.7. The fourth-order valence-corrected chi connectivity index (χ4v) is 3.67. The quantitative estimate of drug-likeness (QED) is 0.853. The van der Waals surface area contributed by atoms with Gasteiger partial charge in [-0.15, -0.1) is 0 Å². The predicted octanol–water partition coefficient (Wildman–Crippen LogP) is 3.35. The molecular formula is C21H26N2O2. The number of hydrogen-bond donors (Lipinski definition) is 0. The first-order chi connectivity index (χ1) is 12.2. The molecule has 2 aliphatic rings. The molecule has 4 rings (SSSR count). The summed E-state index contributed by atoms with van der Waals surface area (Å²) in [6.45, 7) is 11.2. The van der Waals surface area contributed by atoms with Crippen LogP contribution >= 0.6 is 0 Å². The molecule has 0 aromatic heterocycles. The van der Waals surface area contributed by atoms with E-state index in [0.717, 1.165) is 50.8 Å². The Balaban J connectivity index is 1.31. The van der Waals surface area contributed by atoms with Gasteiger partial charge in [0, 0.05) is 39.3 Å². The lowest BCUT2D eigenvalue weighted by molar-refractivity contribution is 0.122. The Morgan fingerprint density at radius 3 is 2.28 bits per heavy atom. The van der Waals surface area contributed by atoms with Crippen LogP contribution in [0.2, 0.25) is 0 Å². The van der Waals surface area contributed by atoms with E-state index in [9.17, 15) is 0 Å². The molecule has 0 unspecified atom stereocenters. The number of hydrogen-bond acceptors (Lipinski definition) is 4. The minimum Gasteiger partial charge on any atom is -0.454 e. The molecule has 4 nitrogen and oxygen atoms in total. The molecule has 1 saturated heterocycles. The number of fused-ring (bicyclic) bond motifs is 1. The van der Waals surface area contributed by atoms with E-state index in [2.05, 4.69) is 54.0 Å². The van der Waals surface area contributed by atoms with Gasteiger partial charge in [0.15, 0.2) is 11.5 Å². The lowest BCUT2D eigenvalue weighted by atomic mass is 10.0. The van der Waals surface area contributed by atoms with Gasteiger partial charge in [-0.1, -0.05) is 29.8 Å². The van der Waals surface area contributed by atoms with Crippen LogP contribution in [0.4, 0.5) is 0 Å². The van der Waals surface area contributed by atoms with Crippen molar-refractivity contribution in [3.8, 4) is 11.5 Å². The number of benzene rings is 2. The Labute approximate surface area is 150 Å². The van der Waals surface area contributed by atoms with Crippen LogP contribution in [0.1, 0.15) is 22.3 Å². The first kappa shape index (κ1) is 16.4. The van der Waals surface area contributed by atoms with Crippen molar-refractivity contribution in [2.75, 3.05) is 33.0 Å². The standard InChI is InChI=1S/C21H26N2O2/c1-16-3-5-19(17(2)11-16)14-23-9-7-22(8-10-23)13-18-4-6-20-21(12-18)25-15-24-20/h3-6,11-12H,7-10,13-15H2,1-2H3. The first-order valence-corrected chi connectivity index (χ1v) is 9.07. The summed E-state index contributed by atoms with van der Waals surface area (Å²) in [5, 5.41) is 0. The maximum absolute atomic E-state index is 5.48. The molecule has 0 amide bonds. The molecule has 0 saturated carbocycles. The summed E-state index contributed by atoms with van der Waals surface area (Å²) in [5.41, 5.74) is 5.50. The van der Waals surface area contributed by atoms with Crippen molar-refractivity contribution in [3.63, 3.8) is 0 Å². The largest absolute Gasteiger partial charge is 0.454 e. The maximum atomic E-state index is 5.48. The minimum absolute atomic E-state index is 0.343. The van der Waals surface area contributed by atoms with Crippen molar-refractivity contribution in [1.82, 2.24) is 9.80 Å². The van der Waals surface area contributed by atoms with Gasteiger partial charge in [0.05, 0.1) is 0 Å². The fraction of sp³-hybridized carbons (Fsp3) is 0.429. The van der Waals surface area contributed by atoms with E-state index in [4.69, 9.17) is 9.47 Å². The summed E-state index contributed by atoms with van der Waals surface area (Å²) >= 11 is 0. The van der Waals surface area contributed by atoms with Crippen molar-refractivity contribution in [1.29, 1.82) is 0 Å². The first-order valence-electron chi connectivity index (χ1n) is 9.07. The average molecular weight is 338 g/mol. The second kappa shape index (κ2) is 7.06. The maximum Gasteiger partial charge on any atom is 0.231 e. The van der Waals surface area contributed by atoms with Crippen molar-refractivity contribution in [3.05, 3.63) is 58.7 Å². The molecule has 2 aromatic carbocycles. The van der Waals surface area contributed by atoms with Crippen LogP contribution in [-0.2, 0) is 13.1 Å². The molecule has 0 bridgehead atoms. The van der Waals surface area contributed by atoms with Crippen LogP contribution in [0, 0.1) is 13.8 Å². The van der Waals surface area contributed by atoms with Gasteiger partial charge in [-0.2, -0.15) is 0 Å². The molecule has 132 valence electrons. The third-order valence-electron chi connectivity index (χ3n) is 5.20. The smallest absolute Gasteiger partial charge is 0.231 e. The van der Waals surface area contributed by atoms with E-state index in [1.807, 2.05) is 6.07 Å². The molecule has 0 radical (unpaired) electrons. The molecule has 0 spiro atoms. The Morgan fingerprint density at radius 2 is 1.52 bits per heavy atom. The minimum atomic E-state index is 0.343. The molecule has 4 heteroatoms. The van der Waals surface area contributed by atoms with E-state index in [1.54, 1.807) is 0 Å². The summed E-state index contributed by atoms with van der Waals surface area (Å²) in [7, 11) is 0. The van der Waals surface area contributed by atoms with Gasteiger partial charge in [0.1, 0.15) is 0 Å². The van der Waals surface area contributed by atoms with Gasteiger partial charge < -0.3 is 9.47 Å². The number of aryl methyl sites for hydroxylation is 2. The molecule has 2 aliphatic heterocycles. The van der Waals surface area contributed by atoms with Crippen molar-refractivity contribution in [2.24, 2.45) is 0 Å². The normalized spacial score (nSPS) is 17.8. The summed E-state index contributed by atoms with van der Waals surface area (Å²) < 4.78 is 10.9. The topological polar surface area (TPSA) is 24.9 Å². The van der Waals surface area contributed by atoms with Crippen LogP contribution in [0.3, 0.4) is 0 Å². The SMILES string of the molecule is Cc1ccc(CN2CCN(Cc3ccc4c(c3)OCO4)CC2)c(C)c1. The van der Waals surface area contributed by atoms with E-state index in [1.165, 1.54) is 22.3 Å². The molecule has 2 heterocycles. The van der Waals surface area contributed by atoms with Crippen molar-refractivity contribution < 1.29 is 9.47 Å². The van der Waals surface area contributed by atoms with Crippen LogP contribution < -0.4 is 9.47 Å². The zero-order chi connectivity index (χ0) is 17.2. The van der Waals surface area contributed by atoms with Gasteiger partial charge in [0.25, 0.3) is 0 Å². The Hall–Kier alpha value is -2.04. The molecule has 0 atom stereocenters. The summed E-state index contributed by atoms with van der Waals surface area (Å²) in [6, 6.07) is 13.1. The Morgan fingerprint density at radius 1 is 0.800 bits per heavy atom. The van der Waals surface area contributed by atoms with Crippen LogP contribution in [0.25, 0.3) is 0 Å². The Bertz CT molecular complexity index is 752. The molecule has 0 N–H and O–H groups in total. The highest BCUT2D eigenvalue weighted by Gasteiger charge is 2.19. The number of rotatable bonds is 4. The van der Waals surface area contributed by atoms with Crippen LogP contribution in [0.15, 0.2) is 36.4 Å². The number of piperazine rings is 1. The van der Waals surface area contributed by atoms with E-state index in [-0.39, 0.29) is 0 Å². The van der Waals surface area contributed by atoms with Crippen molar-refractivity contribution >= 4 is 0 Å². The monoisotopic (exact) mass is 338 g/mol. The number of nitrogens with zero attached hydrogens (tertiary/aromatic N) is 2. The zero-order valence-electron chi connectivity index (χ0n) is 15.1. The zero-order valence-corrected chi connectivity index (χ0v) is 15.1. The van der Waals surface area contributed by atoms with E-state index < -0.39 is 0 Å².